The molecule has 0 aliphatic heterocycles. The minimum Gasteiger partial charge on any atom is -0.479 e. The van der Waals surface area contributed by atoms with Gasteiger partial charge in [-0.2, -0.15) is 0 Å². The van der Waals surface area contributed by atoms with Crippen molar-refractivity contribution in [3.8, 4) is 0 Å². The highest BCUT2D eigenvalue weighted by Crippen LogP contribution is 2.29. The van der Waals surface area contributed by atoms with Gasteiger partial charge in [0.05, 0.1) is 0 Å². The van der Waals surface area contributed by atoms with E-state index in [0.717, 1.165) is 25.5 Å². The number of nitrogens with one attached hydrogen (secondary N) is 1. The quantitative estimate of drug-likeness (QED) is 0.869. The Labute approximate surface area is 124 Å². The molecule has 2 aromatic rings. The summed E-state index contributed by atoms with van der Waals surface area (Å²) >= 11 is 4.99. The molecule has 0 saturated carbocycles. The van der Waals surface area contributed by atoms with Gasteiger partial charge in [0, 0.05) is 19.9 Å². The minimum atomic E-state index is -0.874. The van der Waals surface area contributed by atoms with Crippen molar-refractivity contribution in [3.05, 3.63) is 50.1 Å². The lowest BCUT2D eigenvalue weighted by Gasteiger charge is -2.16. The minimum absolute atomic E-state index is 0.723. The molecule has 0 aliphatic carbocycles. The van der Waals surface area contributed by atoms with E-state index in [4.69, 9.17) is 0 Å². The van der Waals surface area contributed by atoms with Gasteiger partial charge in [0.25, 0.3) is 0 Å². The zero-order valence-electron chi connectivity index (χ0n) is 10.6. The summed E-state index contributed by atoms with van der Waals surface area (Å²) < 4.78 is 0.917. The third kappa shape index (κ3) is 3.36. The highest BCUT2D eigenvalue weighted by atomic mass is 79.9. The third-order valence-corrected chi connectivity index (χ3v) is 4.25. The summed E-state index contributed by atoms with van der Waals surface area (Å²) in [4.78, 5) is 13.6. The molecule has 1 heterocycles. The SMILES string of the molecule is Cc1cc(C(Nc2cccc(Br)c2)C(=O)O)c(C)s1. The summed E-state index contributed by atoms with van der Waals surface area (Å²) in [6, 6.07) is 8.71. The van der Waals surface area contributed by atoms with Crippen molar-refractivity contribution in [2.75, 3.05) is 5.32 Å². The van der Waals surface area contributed by atoms with Crippen LogP contribution in [-0.4, -0.2) is 11.1 Å². The van der Waals surface area contributed by atoms with E-state index in [1.54, 1.807) is 11.3 Å². The smallest absolute Gasteiger partial charge is 0.330 e. The first-order valence-electron chi connectivity index (χ1n) is 5.79. The molecule has 19 heavy (non-hydrogen) atoms. The molecular weight excluding hydrogens is 326 g/mol. The van der Waals surface area contributed by atoms with E-state index in [-0.39, 0.29) is 0 Å². The second kappa shape index (κ2) is 5.75. The third-order valence-electron chi connectivity index (χ3n) is 2.77. The molecule has 0 amide bonds. The van der Waals surface area contributed by atoms with Gasteiger partial charge < -0.3 is 10.4 Å². The topological polar surface area (TPSA) is 49.3 Å². The maximum absolute atomic E-state index is 11.5. The van der Waals surface area contributed by atoms with E-state index in [9.17, 15) is 9.90 Å². The predicted molar refractivity (Wildman–Crippen MR) is 81.9 cm³/mol. The fourth-order valence-electron chi connectivity index (χ4n) is 1.95. The summed E-state index contributed by atoms with van der Waals surface area (Å²) in [5.41, 5.74) is 1.61. The van der Waals surface area contributed by atoms with Gasteiger partial charge >= 0.3 is 5.97 Å². The van der Waals surface area contributed by atoms with Gasteiger partial charge in [-0.3, -0.25) is 0 Å². The van der Waals surface area contributed by atoms with Crippen LogP contribution in [0.4, 0.5) is 5.69 Å². The summed E-state index contributed by atoms with van der Waals surface area (Å²) in [7, 11) is 0. The zero-order valence-corrected chi connectivity index (χ0v) is 13.0. The van der Waals surface area contributed by atoms with Crippen molar-refractivity contribution >= 4 is 38.9 Å². The monoisotopic (exact) mass is 339 g/mol. The number of thiophene rings is 1. The number of aliphatic carboxylic acids is 1. The Bertz CT molecular complexity index is 609. The molecule has 0 spiro atoms. The highest BCUT2D eigenvalue weighted by Gasteiger charge is 2.23. The van der Waals surface area contributed by atoms with Crippen molar-refractivity contribution in [1.29, 1.82) is 0 Å². The van der Waals surface area contributed by atoms with Crippen LogP contribution in [0.5, 0.6) is 0 Å². The molecule has 0 saturated heterocycles. The van der Waals surface area contributed by atoms with Crippen LogP contribution < -0.4 is 5.32 Å². The predicted octanol–water partition coefficient (Wildman–Crippen LogP) is 4.37. The molecule has 100 valence electrons. The molecule has 0 radical (unpaired) electrons. The van der Waals surface area contributed by atoms with Crippen molar-refractivity contribution in [3.63, 3.8) is 0 Å². The van der Waals surface area contributed by atoms with Crippen LogP contribution in [-0.2, 0) is 4.79 Å². The van der Waals surface area contributed by atoms with E-state index in [1.807, 2.05) is 44.2 Å². The van der Waals surface area contributed by atoms with Crippen LogP contribution in [0.15, 0.2) is 34.8 Å². The van der Waals surface area contributed by atoms with Crippen molar-refractivity contribution in [2.45, 2.75) is 19.9 Å². The number of aryl methyl sites for hydroxylation is 2. The maximum atomic E-state index is 11.5. The molecule has 2 rings (SSSR count). The Hall–Kier alpha value is -1.33. The van der Waals surface area contributed by atoms with Crippen LogP contribution in [0.2, 0.25) is 0 Å². The second-order valence-corrected chi connectivity index (χ2v) is 6.67. The largest absolute Gasteiger partial charge is 0.479 e. The lowest BCUT2D eigenvalue weighted by molar-refractivity contribution is -0.138. The fraction of sp³-hybridized carbons (Fsp3) is 0.214. The number of hydrogen-bond acceptors (Lipinski definition) is 3. The standard InChI is InChI=1S/C14H14BrNO2S/c1-8-6-12(9(2)19-8)13(14(17)18)16-11-5-3-4-10(15)7-11/h3-7,13,16H,1-2H3,(H,17,18). The number of hydrogen-bond donors (Lipinski definition) is 2. The van der Waals surface area contributed by atoms with Gasteiger partial charge in [-0.1, -0.05) is 22.0 Å². The highest BCUT2D eigenvalue weighted by molar-refractivity contribution is 9.10. The first kappa shape index (κ1) is 14.1. The molecule has 1 aromatic carbocycles. The number of rotatable bonds is 4. The van der Waals surface area contributed by atoms with Crippen molar-refractivity contribution in [1.82, 2.24) is 0 Å². The molecule has 1 unspecified atom stereocenters. The fourth-order valence-corrected chi connectivity index (χ4v) is 3.32. The second-order valence-electron chi connectivity index (χ2n) is 4.29. The van der Waals surface area contributed by atoms with Gasteiger partial charge in [-0.05, 0) is 43.7 Å². The van der Waals surface area contributed by atoms with Crippen LogP contribution in [0.3, 0.4) is 0 Å². The lowest BCUT2D eigenvalue weighted by Crippen LogP contribution is -2.20. The Morgan fingerprint density at radius 2 is 2.11 bits per heavy atom. The Morgan fingerprint density at radius 3 is 2.63 bits per heavy atom. The first-order chi connectivity index (χ1) is 8.97. The number of carboxylic acid groups (broad SMARTS) is 1. The summed E-state index contributed by atoms with van der Waals surface area (Å²) in [5.74, 6) is -0.874. The molecule has 0 bridgehead atoms. The van der Waals surface area contributed by atoms with Crippen molar-refractivity contribution < 1.29 is 9.90 Å². The molecule has 1 aromatic heterocycles. The Balaban J connectivity index is 2.32. The van der Waals surface area contributed by atoms with Crippen LogP contribution >= 0.6 is 27.3 Å². The van der Waals surface area contributed by atoms with E-state index in [0.29, 0.717) is 0 Å². The maximum Gasteiger partial charge on any atom is 0.330 e. The molecule has 2 N–H and O–H groups in total. The number of benzene rings is 1. The Kier molecular flexibility index (Phi) is 4.27. The summed E-state index contributed by atoms with van der Waals surface area (Å²) in [6.45, 7) is 3.94. The molecule has 0 fully saturated rings. The number of anilines is 1. The van der Waals surface area contributed by atoms with Gasteiger partial charge in [-0.25, -0.2) is 4.79 Å². The Morgan fingerprint density at radius 1 is 1.37 bits per heavy atom. The average Bonchev–Trinajstić information content (AvgIpc) is 2.65. The van der Waals surface area contributed by atoms with E-state index < -0.39 is 12.0 Å². The van der Waals surface area contributed by atoms with Crippen molar-refractivity contribution in [2.24, 2.45) is 0 Å². The summed E-state index contributed by atoms with van der Waals surface area (Å²) in [6.07, 6.45) is 0. The molecular formula is C14H14BrNO2S. The molecule has 0 aliphatic rings. The van der Waals surface area contributed by atoms with Crippen LogP contribution in [0.1, 0.15) is 21.4 Å². The number of carboxylic acids is 1. The zero-order chi connectivity index (χ0) is 14.0. The van der Waals surface area contributed by atoms with E-state index in [2.05, 4.69) is 21.2 Å². The van der Waals surface area contributed by atoms with Crippen LogP contribution in [0, 0.1) is 13.8 Å². The van der Waals surface area contributed by atoms with Gasteiger partial charge in [0.2, 0.25) is 0 Å². The number of halogens is 1. The lowest BCUT2D eigenvalue weighted by atomic mass is 10.1. The van der Waals surface area contributed by atoms with Gasteiger partial charge in [-0.15, -0.1) is 11.3 Å². The summed E-state index contributed by atoms with van der Waals surface area (Å²) in [5, 5.41) is 12.5. The normalized spacial score (nSPS) is 12.2. The molecule has 3 nitrogen and oxygen atoms in total. The molecule has 1 atom stereocenters. The van der Waals surface area contributed by atoms with Crippen LogP contribution in [0.25, 0.3) is 0 Å². The first-order valence-corrected chi connectivity index (χ1v) is 7.40. The number of carbonyl (C=O) groups is 1. The van der Waals surface area contributed by atoms with Gasteiger partial charge in [0.15, 0.2) is 6.04 Å². The van der Waals surface area contributed by atoms with Gasteiger partial charge in [0.1, 0.15) is 0 Å². The van der Waals surface area contributed by atoms with E-state index >= 15 is 0 Å². The van der Waals surface area contributed by atoms with E-state index in [1.165, 1.54) is 0 Å². The average molecular weight is 340 g/mol. The molecule has 5 heteroatoms.